The first kappa shape index (κ1) is 44.2. The zero-order chi connectivity index (χ0) is 50.2. The van der Waals surface area contributed by atoms with Crippen molar-refractivity contribution in [2.24, 2.45) is 0 Å². The van der Waals surface area contributed by atoms with Crippen LogP contribution < -0.4 is 20.7 Å². The molecule has 356 valence electrons. The summed E-state index contributed by atoms with van der Waals surface area (Å²) in [5.74, 6) is 0. The van der Waals surface area contributed by atoms with Crippen LogP contribution in [-0.2, 0) is 0 Å². The van der Waals surface area contributed by atoms with E-state index in [0.29, 0.717) is 0 Å². The van der Waals surface area contributed by atoms with Gasteiger partial charge >= 0.3 is 0 Å². The fourth-order valence-corrected chi connectivity index (χ4v) is 18.5. The first-order valence-corrected chi connectivity index (χ1v) is 29.0. The molecule has 15 rings (SSSR count). The van der Waals surface area contributed by atoms with Crippen LogP contribution in [-0.4, -0.2) is 17.2 Å². The molecular weight excluding hydrogens is 953 g/mol. The van der Waals surface area contributed by atoms with E-state index >= 15 is 0 Å². The maximum Gasteiger partial charge on any atom is 0.179 e. The molecule has 0 aliphatic heterocycles. The molecule has 2 nitrogen and oxygen atoms in total. The molecule has 0 saturated carbocycles. The van der Waals surface area contributed by atoms with Gasteiger partial charge in [-0.15, -0.1) is 11.3 Å². The number of hydrogen-bond acceptors (Lipinski definition) is 1. The van der Waals surface area contributed by atoms with Gasteiger partial charge in [0.15, 0.2) is 8.07 Å². The largest absolute Gasteiger partial charge is 0.309 e. The molecular formula is C72H48N2SSi. The molecule has 3 aromatic heterocycles. The second-order valence-electron chi connectivity index (χ2n) is 20.0. The SMILES string of the molecule is c1ccc(-n2c3ccccc3c3cc(-c4ccc5c(c4)c4ccccc4n5-c4cccc(-c5cc(-c6cccc7c6sc6ccccc67)cc([Si](c6ccccc6)(c6ccccc6)c6ccccc6)c5)c4)ccc32)cc1. The molecule has 0 bridgehead atoms. The number of hydrogen-bond donors (Lipinski definition) is 0. The molecule has 12 aromatic carbocycles. The number of benzene rings is 12. The number of nitrogens with zero attached hydrogens (tertiary/aromatic N) is 2. The van der Waals surface area contributed by atoms with Gasteiger partial charge in [-0.1, -0.05) is 218 Å². The van der Waals surface area contributed by atoms with E-state index in [-0.39, 0.29) is 0 Å². The summed E-state index contributed by atoms with van der Waals surface area (Å²) in [4.78, 5) is 0. The highest BCUT2D eigenvalue weighted by molar-refractivity contribution is 7.26. The third-order valence-corrected chi connectivity index (χ3v) is 21.8. The molecule has 0 aliphatic carbocycles. The van der Waals surface area contributed by atoms with Crippen LogP contribution in [0.1, 0.15) is 0 Å². The van der Waals surface area contributed by atoms with Crippen molar-refractivity contribution in [2.45, 2.75) is 0 Å². The Kier molecular flexibility index (Phi) is 10.4. The van der Waals surface area contributed by atoms with Crippen LogP contribution >= 0.6 is 11.3 Å². The topological polar surface area (TPSA) is 9.86 Å². The van der Waals surface area contributed by atoms with Gasteiger partial charge < -0.3 is 9.13 Å². The van der Waals surface area contributed by atoms with E-state index in [4.69, 9.17) is 0 Å². The monoisotopic (exact) mass is 1000 g/mol. The predicted molar refractivity (Wildman–Crippen MR) is 328 cm³/mol. The molecule has 76 heavy (non-hydrogen) atoms. The van der Waals surface area contributed by atoms with E-state index in [1.165, 1.54) is 124 Å². The summed E-state index contributed by atoms with van der Waals surface area (Å²) in [6.07, 6.45) is 0. The third-order valence-electron chi connectivity index (χ3n) is 15.8. The van der Waals surface area contributed by atoms with Gasteiger partial charge in [-0.2, -0.15) is 0 Å². The summed E-state index contributed by atoms with van der Waals surface area (Å²) < 4.78 is 7.47. The Morgan fingerprint density at radius 2 is 0.697 bits per heavy atom. The fourth-order valence-electron chi connectivity index (χ4n) is 12.5. The molecule has 0 atom stereocenters. The highest BCUT2D eigenvalue weighted by Crippen LogP contribution is 2.42. The molecule has 0 radical (unpaired) electrons. The number of thiophene rings is 1. The maximum atomic E-state index is 2.54. The highest BCUT2D eigenvalue weighted by atomic mass is 32.1. The predicted octanol–water partition coefficient (Wildman–Crippen LogP) is 16.6. The molecule has 15 aromatic rings. The van der Waals surface area contributed by atoms with E-state index in [2.05, 4.69) is 300 Å². The molecule has 0 N–H and O–H groups in total. The Morgan fingerprint density at radius 3 is 1.30 bits per heavy atom. The van der Waals surface area contributed by atoms with Crippen LogP contribution in [0.3, 0.4) is 0 Å². The summed E-state index contributed by atoms with van der Waals surface area (Å²) in [6, 6.07) is 109. The lowest BCUT2D eigenvalue weighted by Crippen LogP contribution is -2.74. The van der Waals surface area contributed by atoms with Crippen LogP contribution in [0.4, 0.5) is 0 Å². The molecule has 0 unspecified atom stereocenters. The fraction of sp³-hybridized carbons (Fsp3) is 0. The molecule has 4 heteroatoms. The summed E-state index contributed by atoms with van der Waals surface area (Å²) in [5.41, 5.74) is 14.3. The molecule has 0 fully saturated rings. The van der Waals surface area contributed by atoms with Gasteiger partial charge in [0.2, 0.25) is 0 Å². The van der Waals surface area contributed by atoms with Crippen molar-refractivity contribution in [3.8, 4) is 44.8 Å². The van der Waals surface area contributed by atoms with E-state index in [9.17, 15) is 0 Å². The lowest BCUT2D eigenvalue weighted by molar-refractivity contribution is 1.18. The quantitative estimate of drug-likeness (QED) is 0.101. The van der Waals surface area contributed by atoms with Crippen LogP contribution in [0.5, 0.6) is 0 Å². The van der Waals surface area contributed by atoms with Crippen LogP contribution in [0.15, 0.2) is 291 Å². The van der Waals surface area contributed by atoms with Crippen LogP contribution in [0, 0.1) is 0 Å². The van der Waals surface area contributed by atoms with Crippen molar-refractivity contribution >= 4 is 104 Å². The summed E-state index contributed by atoms with van der Waals surface area (Å²) >= 11 is 1.90. The zero-order valence-corrected chi connectivity index (χ0v) is 43.3. The molecule has 0 aliphatic rings. The molecule has 3 heterocycles. The van der Waals surface area contributed by atoms with Gasteiger partial charge in [-0.25, -0.2) is 0 Å². The Morgan fingerprint density at radius 1 is 0.250 bits per heavy atom. The van der Waals surface area contributed by atoms with Gasteiger partial charge in [0.05, 0.1) is 22.1 Å². The average Bonchev–Trinajstić information content (AvgIpc) is 4.23. The lowest BCUT2D eigenvalue weighted by atomic mass is 9.97. The van der Waals surface area contributed by atoms with Crippen molar-refractivity contribution in [3.05, 3.63) is 291 Å². The minimum absolute atomic E-state index is 1.13. The second kappa shape index (κ2) is 18.0. The lowest BCUT2D eigenvalue weighted by Gasteiger charge is -2.35. The van der Waals surface area contributed by atoms with Gasteiger partial charge in [-0.05, 0) is 127 Å². The molecule has 0 saturated heterocycles. The first-order valence-electron chi connectivity index (χ1n) is 26.1. The van der Waals surface area contributed by atoms with Crippen LogP contribution in [0.2, 0.25) is 0 Å². The van der Waals surface area contributed by atoms with Crippen molar-refractivity contribution in [1.29, 1.82) is 0 Å². The van der Waals surface area contributed by atoms with Crippen molar-refractivity contribution < 1.29 is 0 Å². The number of fused-ring (bicyclic) bond motifs is 9. The smallest absolute Gasteiger partial charge is 0.179 e. The van der Waals surface area contributed by atoms with E-state index in [1.807, 2.05) is 11.3 Å². The maximum absolute atomic E-state index is 2.95. The number of para-hydroxylation sites is 3. The van der Waals surface area contributed by atoms with Gasteiger partial charge in [0, 0.05) is 53.1 Å². The Balaban J connectivity index is 0.928. The van der Waals surface area contributed by atoms with Crippen molar-refractivity contribution in [2.75, 3.05) is 0 Å². The summed E-state index contributed by atoms with van der Waals surface area (Å²) in [7, 11) is -2.95. The van der Waals surface area contributed by atoms with Crippen LogP contribution in [0.25, 0.3) is 109 Å². The minimum atomic E-state index is -2.95. The molecule has 0 spiro atoms. The highest BCUT2D eigenvalue weighted by Gasteiger charge is 2.42. The van der Waals surface area contributed by atoms with Crippen molar-refractivity contribution in [3.63, 3.8) is 0 Å². The number of rotatable bonds is 9. The molecule has 0 amide bonds. The minimum Gasteiger partial charge on any atom is -0.309 e. The summed E-state index contributed by atoms with van der Waals surface area (Å²) in [5, 5.41) is 13.0. The van der Waals surface area contributed by atoms with Gasteiger partial charge in [0.25, 0.3) is 0 Å². The van der Waals surface area contributed by atoms with E-state index < -0.39 is 8.07 Å². The van der Waals surface area contributed by atoms with E-state index in [1.54, 1.807) is 0 Å². The number of aromatic nitrogens is 2. The normalized spacial score (nSPS) is 11.9. The average molecular weight is 1000 g/mol. The summed E-state index contributed by atoms with van der Waals surface area (Å²) in [6.45, 7) is 0. The Hall–Kier alpha value is -9.32. The first-order chi connectivity index (χ1) is 37.7. The Labute approximate surface area is 446 Å². The van der Waals surface area contributed by atoms with Gasteiger partial charge in [-0.3, -0.25) is 0 Å². The second-order valence-corrected chi connectivity index (χ2v) is 24.8. The van der Waals surface area contributed by atoms with Crippen molar-refractivity contribution in [1.82, 2.24) is 9.13 Å². The van der Waals surface area contributed by atoms with E-state index in [0.717, 1.165) is 5.69 Å². The third kappa shape index (κ3) is 6.99. The van der Waals surface area contributed by atoms with Gasteiger partial charge in [0.1, 0.15) is 0 Å². The zero-order valence-electron chi connectivity index (χ0n) is 41.5. The standard InChI is InChI=1S/C72H48N2SSi/c1-5-22-54(23-6-1)73-67-36-16-13-31-61(67)65-47-50(39-41-69(65)73)51-40-42-70-66(48-51)62-32-14-17-37-68(62)74(70)55-24-19-21-49(44-55)52-43-53(60-34-20-35-64-63-33-15-18-38-71(63)75-72(60)64)46-59(45-52)76(56-25-7-2-8-26-56,57-27-9-3-10-28-57)58-29-11-4-12-30-58/h1-48H. The Bertz CT molecular complexity index is 4590.